The molecule has 0 radical (unpaired) electrons. The van der Waals surface area contributed by atoms with Crippen LogP contribution in [0.4, 0.5) is 0 Å². The summed E-state index contributed by atoms with van der Waals surface area (Å²) in [6, 6.07) is 1.11. The Bertz CT molecular complexity index is 439. The Morgan fingerprint density at radius 3 is 3.00 bits per heavy atom. The molecule has 6 nitrogen and oxygen atoms in total. The number of nitrogens with zero attached hydrogens (tertiary/aromatic N) is 3. The topological polar surface area (TPSA) is 104 Å². The molecule has 1 amide bonds. The molecule has 3 N–H and O–H groups in total. The molecule has 1 atom stereocenters. The van der Waals surface area contributed by atoms with E-state index in [4.69, 9.17) is 22.9 Å². The highest BCUT2D eigenvalue weighted by Crippen LogP contribution is 2.35. The van der Waals surface area contributed by atoms with Gasteiger partial charge in [-0.25, -0.2) is 0 Å². The maximum Gasteiger partial charge on any atom is 0.239 e. The molecule has 0 aliphatic carbocycles. The maximum absolute atomic E-state index is 11.3. The van der Waals surface area contributed by atoms with E-state index in [2.05, 4.69) is 31.3 Å². The highest BCUT2D eigenvalue weighted by molar-refractivity contribution is 9.10. The van der Waals surface area contributed by atoms with Crippen molar-refractivity contribution in [2.45, 2.75) is 6.04 Å². The van der Waals surface area contributed by atoms with E-state index in [1.807, 2.05) is 0 Å². The van der Waals surface area contributed by atoms with Crippen molar-refractivity contribution < 1.29 is 4.79 Å². The minimum absolute atomic E-state index is 0.251. The Morgan fingerprint density at radius 2 is 2.53 bits per heavy atom. The number of hydrogen-bond donors (Lipinski definition) is 2. The van der Waals surface area contributed by atoms with Gasteiger partial charge in [-0.1, -0.05) is 16.7 Å². The third-order valence-electron chi connectivity index (χ3n) is 1.86. The summed E-state index contributed by atoms with van der Waals surface area (Å²) in [5, 5.41) is 6.26. The average Bonchev–Trinajstić information content (AvgIpc) is 2.58. The Kier molecular flexibility index (Phi) is 5.73. The third kappa shape index (κ3) is 4.18. The molecule has 17 heavy (non-hydrogen) atoms. The predicted octanol–water partition coefficient (Wildman–Crippen LogP) is 2.59. The van der Waals surface area contributed by atoms with Crippen LogP contribution in [0.25, 0.3) is 10.4 Å². The van der Waals surface area contributed by atoms with Gasteiger partial charge >= 0.3 is 0 Å². The lowest BCUT2D eigenvalue weighted by Gasteiger charge is -2.12. The highest BCUT2D eigenvalue weighted by atomic mass is 79.9. The van der Waals surface area contributed by atoms with E-state index in [0.29, 0.717) is 10.9 Å². The van der Waals surface area contributed by atoms with E-state index >= 15 is 0 Å². The molecule has 0 aromatic carbocycles. The van der Waals surface area contributed by atoms with Crippen LogP contribution >= 0.6 is 38.9 Å². The molecule has 1 aromatic heterocycles. The van der Waals surface area contributed by atoms with Crippen LogP contribution in [0.1, 0.15) is 10.9 Å². The van der Waals surface area contributed by atoms with Gasteiger partial charge in [-0.2, -0.15) is 0 Å². The fourth-order valence-electron chi connectivity index (χ4n) is 1.15. The number of nitrogens with two attached hydrogens (primary N) is 1. The number of rotatable bonds is 6. The van der Waals surface area contributed by atoms with Gasteiger partial charge in [-0.3, -0.25) is 4.79 Å². The lowest BCUT2D eigenvalue weighted by Crippen LogP contribution is -2.34. The minimum Gasteiger partial charge on any atom is -0.368 e. The molecule has 92 valence electrons. The molecule has 0 aliphatic rings. The summed E-state index contributed by atoms with van der Waals surface area (Å²) < 4.78 is 1.28. The number of carbonyl (C=O) groups is 1. The zero-order chi connectivity index (χ0) is 12.8. The van der Waals surface area contributed by atoms with Crippen molar-refractivity contribution in [2.24, 2.45) is 10.8 Å². The number of halogens is 2. The van der Waals surface area contributed by atoms with Gasteiger partial charge in [0.05, 0.1) is 0 Å². The highest BCUT2D eigenvalue weighted by Gasteiger charge is 2.20. The van der Waals surface area contributed by atoms with E-state index < -0.39 is 11.9 Å². The van der Waals surface area contributed by atoms with Crippen molar-refractivity contribution in [1.29, 1.82) is 0 Å². The number of azide groups is 1. The van der Waals surface area contributed by atoms with Crippen molar-refractivity contribution in [1.82, 2.24) is 5.32 Å². The lowest BCUT2D eigenvalue weighted by atomic mass is 10.2. The summed E-state index contributed by atoms with van der Waals surface area (Å²) in [6.07, 6.45) is 0. The molecule has 1 heterocycles. The molecule has 0 saturated carbocycles. The van der Waals surface area contributed by atoms with E-state index in [9.17, 15) is 4.79 Å². The second kappa shape index (κ2) is 6.83. The van der Waals surface area contributed by atoms with Crippen LogP contribution < -0.4 is 11.1 Å². The summed E-state index contributed by atoms with van der Waals surface area (Å²) in [5.41, 5.74) is 13.4. The first-order valence-electron chi connectivity index (χ1n) is 4.54. The quantitative estimate of drug-likeness (QED) is 0.360. The Hall–Kier alpha value is -0.790. The lowest BCUT2D eigenvalue weighted by molar-refractivity contribution is -0.120. The molecule has 0 saturated heterocycles. The van der Waals surface area contributed by atoms with Crippen molar-refractivity contribution in [2.75, 3.05) is 13.1 Å². The molecule has 1 rings (SSSR count). The molecule has 0 bridgehead atoms. The normalized spacial score (nSPS) is 11.9. The van der Waals surface area contributed by atoms with Crippen LogP contribution in [0.15, 0.2) is 15.7 Å². The number of primary amides is 1. The molecule has 0 aliphatic heterocycles. The van der Waals surface area contributed by atoms with E-state index in [0.717, 1.165) is 9.35 Å². The largest absolute Gasteiger partial charge is 0.368 e. The van der Waals surface area contributed by atoms with Crippen molar-refractivity contribution >= 4 is 44.8 Å². The van der Waals surface area contributed by atoms with Gasteiger partial charge < -0.3 is 11.1 Å². The molecular weight excluding hydrogens is 330 g/mol. The van der Waals surface area contributed by atoms with Crippen molar-refractivity contribution in [3.8, 4) is 0 Å². The van der Waals surface area contributed by atoms with Gasteiger partial charge in [0, 0.05) is 27.4 Å². The van der Waals surface area contributed by atoms with Crippen LogP contribution in [-0.4, -0.2) is 19.0 Å². The molecule has 0 fully saturated rings. The summed E-state index contributed by atoms with van der Waals surface area (Å²) >= 11 is 10.4. The van der Waals surface area contributed by atoms with Gasteiger partial charge in [0.1, 0.15) is 10.4 Å². The van der Waals surface area contributed by atoms with Gasteiger partial charge in [0.2, 0.25) is 5.91 Å². The molecule has 1 unspecified atom stereocenters. The fourth-order valence-corrected chi connectivity index (χ4v) is 2.97. The second-order valence-electron chi connectivity index (χ2n) is 3.01. The van der Waals surface area contributed by atoms with Gasteiger partial charge in [-0.05, 0) is 27.5 Å². The standard InChI is InChI=1S/C8H9BrClN5OS/c9-4-3-5(17-7(4)10)6(8(11)16)13-1-2-14-15-12/h3,6,13H,1-2H2,(H2,11,16). The summed E-state index contributed by atoms with van der Waals surface area (Å²) in [7, 11) is 0. The first-order valence-corrected chi connectivity index (χ1v) is 6.53. The van der Waals surface area contributed by atoms with E-state index in [-0.39, 0.29) is 6.54 Å². The second-order valence-corrected chi connectivity index (χ2v) is 5.55. The summed E-state index contributed by atoms with van der Waals surface area (Å²) in [5.74, 6) is -0.503. The van der Waals surface area contributed by atoms with Gasteiger partial charge in [0.15, 0.2) is 0 Å². The van der Waals surface area contributed by atoms with E-state index in [1.165, 1.54) is 11.3 Å². The maximum atomic E-state index is 11.3. The molecular formula is C8H9BrClN5OS. The van der Waals surface area contributed by atoms with Crippen LogP contribution in [0.2, 0.25) is 4.34 Å². The molecule has 9 heteroatoms. The molecule has 1 aromatic rings. The Balaban J connectivity index is 2.72. The number of carbonyl (C=O) groups excluding carboxylic acids is 1. The van der Waals surface area contributed by atoms with Gasteiger partial charge in [0.25, 0.3) is 0 Å². The Morgan fingerprint density at radius 1 is 1.82 bits per heavy atom. The predicted molar refractivity (Wildman–Crippen MR) is 71.0 cm³/mol. The van der Waals surface area contributed by atoms with Crippen molar-refractivity contribution in [3.63, 3.8) is 0 Å². The molecule has 0 spiro atoms. The fraction of sp³-hybridized carbons (Fsp3) is 0.375. The van der Waals surface area contributed by atoms with Crippen LogP contribution in [0.3, 0.4) is 0 Å². The Labute approximate surface area is 115 Å². The van der Waals surface area contributed by atoms with Crippen LogP contribution in [0.5, 0.6) is 0 Å². The summed E-state index contributed by atoms with van der Waals surface area (Å²) in [6.45, 7) is 0.616. The first kappa shape index (κ1) is 14.3. The minimum atomic E-state index is -0.627. The zero-order valence-electron chi connectivity index (χ0n) is 8.56. The third-order valence-corrected chi connectivity index (χ3v) is 4.40. The monoisotopic (exact) mass is 337 g/mol. The van der Waals surface area contributed by atoms with E-state index in [1.54, 1.807) is 6.07 Å². The first-order chi connectivity index (χ1) is 8.06. The SMILES string of the molecule is [N-]=[N+]=NCCNC(C(N)=O)c1cc(Br)c(Cl)s1. The summed E-state index contributed by atoms with van der Waals surface area (Å²) in [4.78, 5) is 14.6. The van der Waals surface area contributed by atoms with Gasteiger partial charge in [-0.15, -0.1) is 11.3 Å². The number of amides is 1. The zero-order valence-corrected chi connectivity index (χ0v) is 11.7. The number of nitrogens with one attached hydrogen (secondary N) is 1. The number of hydrogen-bond acceptors (Lipinski definition) is 4. The van der Waals surface area contributed by atoms with Crippen LogP contribution in [-0.2, 0) is 4.79 Å². The van der Waals surface area contributed by atoms with Crippen molar-refractivity contribution in [3.05, 3.63) is 30.2 Å². The van der Waals surface area contributed by atoms with Crippen LogP contribution in [0, 0.1) is 0 Å². The number of thiophene rings is 1. The average molecular weight is 339 g/mol. The smallest absolute Gasteiger partial charge is 0.239 e.